The summed E-state index contributed by atoms with van der Waals surface area (Å²) in [5.41, 5.74) is 2.95. The Hall–Kier alpha value is -2.20. The molecule has 1 atom stereocenters. The molecule has 2 aromatic carbocycles. The Morgan fingerprint density at radius 2 is 1.71 bits per heavy atom. The second kappa shape index (κ2) is 6.73. The van der Waals surface area contributed by atoms with Crippen LogP contribution in [0.1, 0.15) is 53.7 Å². The number of fused-ring (bicyclic) bond motifs is 1. The molecule has 0 aliphatic heterocycles. The molecule has 0 bridgehead atoms. The molecule has 124 valence electrons. The number of benzene rings is 2. The van der Waals surface area contributed by atoms with Crippen LogP contribution in [-0.4, -0.2) is 22.8 Å². The van der Waals surface area contributed by atoms with Crippen molar-refractivity contribution < 1.29 is 4.79 Å². The van der Waals surface area contributed by atoms with Crippen molar-refractivity contribution in [1.82, 2.24) is 9.88 Å². The van der Waals surface area contributed by atoms with E-state index in [1.807, 2.05) is 56.4 Å². The molecule has 1 heterocycles. The number of carbonyl (C=O) groups is 1. The summed E-state index contributed by atoms with van der Waals surface area (Å²) in [4.78, 5) is 19.2. The number of hydrogen-bond acceptors (Lipinski definition) is 3. The molecule has 3 nitrogen and oxygen atoms in total. The minimum atomic E-state index is -0.0559. The minimum Gasteiger partial charge on any atom is -0.333 e. The first-order valence-electron chi connectivity index (χ1n) is 8.20. The molecule has 3 aromatic rings. The molecule has 0 N–H and O–H groups in total. The van der Waals surface area contributed by atoms with Gasteiger partial charge in [-0.05, 0) is 42.7 Å². The fourth-order valence-electron chi connectivity index (χ4n) is 2.62. The van der Waals surface area contributed by atoms with E-state index in [0.717, 1.165) is 20.8 Å². The first kappa shape index (κ1) is 16.7. The van der Waals surface area contributed by atoms with E-state index in [0.29, 0.717) is 5.92 Å². The maximum Gasteiger partial charge on any atom is 0.254 e. The fourth-order valence-corrected chi connectivity index (χ4v) is 3.69. The molecule has 0 spiro atoms. The van der Waals surface area contributed by atoms with Gasteiger partial charge in [0.25, 0.3) is 5.91 Å². The quantitative estimate of drug-likeness (QED) is 0.650. The largest absolute Gasteiger partial charge is 0.333 e. The molecule has 0 aliphatic carbocycles. The molecule has 0 radical (unpaired) electrons. The Kier molecular flexibility index (Phi) is 4.67. The molecule has 0 aliphatic rings. The summed E-state index contributed by atoms with van der Waals surface area (Å²) < 4.78 is 1.15. The summed E-state index contributed by atoms with van der Waals surface area (Å²) in [7, 11) is 1.84. The predicted octanol–water partition coefficient (Wildman–Crippen LogP) is 5.25. The first-order valence-corrected chi connectivity index (χ1v) is 9.01. The number of hydrogen-bond donors (Lipinski definition) is 0. The van der Waals surface area contributed by atoms with E-state index in [1.165, 1.54) is 5.56 Å². The Bertz CT molecular complexity index is 818. The van der Waals surface area contributed by atoms with E-state index < -0.39 is 0 Å². The van der Waals surface area contributed by atoms with E-state index in [-0.39, 0.29) is 11.9 Å². The summed E-state index contributed by atoms with van der Waals surface area (Å²) in [6.07, 6.45) is 0. The van der Waals surface area contributed by atoms with Gasteiger partial charge in [-0.1, -0.05) is 38.1 Å². The van der Waals surface area contributed by atoms with Crippen molar-refractivity contribution in [1.29, 1.82) is 0 Å². The number of rotatable bonds is 4. The summed E-state index contributed by atoms with van der Waals surface area (Å²) >= 11 is 1.65. The SMILES string of the molecule is CC(C)c1ccc(C(=O)N(C)[C@@H](C)c2nc3ccccc3s2)cc1. The number of thiazole rings is 1. The third-order valence-corrected chi connectivity index (χ3v) is 5.60. The lowest BCUT2D eigenvalue weighted by molar-refractivity contribution is 0.0742. The van der Waals surface area contributed by atoms with Crippen LogP contribution in [0.25, 0.3) is 10.2 Å². The Labute approximate surface area is 147 Å². The standard InChI is InChI=1S/C20H22N2OS/c1-13(2)15-9-11-16(12-10-15)20(23)22(4)14(3)19-21-17-7-5-6-8-18(17)24-19/h5-14H,1-4H3/t14-/m0/s1. The smallest absolute Gasteiger partial charge is 0.254 e. The van der Waals surface area contributed by atoms with E-state index in [1.54, 1.807) is 16.2 Å². The molecule has 1 aromatic heterocycles. The topological polar surface area (TPSA) is 33.2 Å². The van der Waals surface area contributed by atoms with E-state index in [9.17, 15) is 4.79 Å². The van der Waals surface area contributed by atoms with Crippen LogP contribution in [0.15, 0.2) is 48.5 Å². The minimum absolute atomic E-state index is 0.0251. The molecular weight excluding hydrogens is 316 g/mol. The lowest BCUT2D eigenvalue weighted by atomic mass is 10.0. The molecule has 24 heavy (non-hydrogen) atoms. The Morgan fingerprint density at radius 1 is 1.04 bits per heavy atom. The van der Waals surface area contributed by atoms with Gasteiger partial charge in [-0.2, -0.15) is 0 Å². The molecular formula is C20H22N2OS. The van der Waals surface area contributed by atoms with Gasteiger partial charge in [0.2, 0.25) is 0 Å². The molecule has 0 saturated carbocycles. The number of aromatic nitrogens is 1. The van der Waals surface area contributed by atoms with Crippen LogP contribution >= 0.6 is 11.3 Å². The zero-order valence-electron chi connectivity index (χ0n) is 14.5. The average Bonchev–Trinajstić information content (AvgIpc) is 3.04. The van der Waals surface area contributed by atoms with Gasteiger partial charge >= 0.3 is 0 Å². The van der Waals surface area contributed by atoms with Crippen LogP contribution in [0, 0.1) is 0 Å². The third kappa shape index (κ3) is 3.20. The number of amides is 1. The highest BCUT2D eigenvalue weighted by molar-refractivity contribution is 7.18. The highest BCUT2D eigenvalue weighted by Crippen LogP contribution is 2.29. The average molecular weight is 338 g/mol. The van der Waals surface area contributed by atoms with Gasteiger partial charge < -0.3 is 4.90 Å². The molecule has 1 amide bonds. The van der Waals surface area contributed by atoms with Gasteiger partial charge in [-0.3, -0.25) is 4.79 Å². The molecule has 0 saturated heterocycles. The maximum absolute atomic E-state index is 12.8. The lowest BCUT2D eigenvalue weighted by Crippen LogP contribution is -2.29. The monoisotopic (exact) mass is 338 g/mol. The summed E-state index contributed by atoms with van der Waals surface area (Å²) in [6.45, 7) is 6.33. The second-order valence-electron chi connectivity index (χ2n) is 6.39. The summed E-state index contributed by atoms with van der Waals surface area (Å²) in [5.74, 6) is 0.491. The van der Waals surface area contributed by atoms with E-state index >= 15 is 0 Å². The van der Waals surface area contributed by atoms with Crippen LogP contribution < -0.4 is 0 Å². The highest BCUT2D eigenvalue weighted by Gasteiger charge is 2.21. The van der Waals surface area contributed by atoms with Gasteiger partial charge in [0.15, 0.2) is 0 Å². The van der Waals surface area contributed by atoms with Gasteiger partial charge in [0.1, 0.15) is 5.01 Å². The fraction of sp³-hybridized carbons (Fsp3) is 0.300. The third-order valence-electron chi connectivity index (χ3n) is 4.39. The van der Waals surface area contributed by atoms with Crippen molar-refractivity contribution in [2.24, 2.45) is 0 Å². The zero-order chi connectivity index (χ0) is 17.3. The van der Waals surface area contributed by atoms with Crippen LogP contribution in [0.2, 0.25) is 0 Å². The first-order chi connectivity index (χ1) is 11.5. The predicted molar refractivity (Wildman–Crippen MR) is 101 cm³/mol. The van der Waals surface area contributed by atoms with Crippen LogP contribution in [-0.2, 0) is 0 Å². The Balaban J connectivity index is 1.81. The number of nitrogens with zero attached hydrogens (tertiary/aromatic N) is 2. The van der Waals surface area contributed by atoms with Crippen molar-refractivity contribution in [3.8, 4) is 0 Å². The van der Waals surface area contributed by atoms with Crippen molar-refractivity contribution >= 4 is 27.5 Å². The van der Waals surface area contributed by atoms with Crippen LogP contribution in [0.5, 0.6) is 0 Å². The van der Waals surface area contributed by atoms with E-state index in [2.05, 4.69) is 24.9 Å². The second-order valence-corrected chi connectivity index (χ2v) is 7.45. The van der Waals surface area contributed by atoms with Crippen molar-refractivity contribution in [2.75, 3.05) is 7.05 Å². The summed E-state index contributed by atoms with van der Waals surface area (Å²) in [6, 6.07) is 15.9. The van der Waals surface area contributed by atoms with Crippen LogP contribution in [0.4, 0.5) is 0 Å². The maximum atomic E-state index is 12.8. The lowest BCUT2D eigenvalue weighted by Gasteiger charge is -2.23. The van der Waals surface area contributed by atoms with Gasteiger partial charge in [-0.15, -0.1) is 11.3 Å². The molecule has 0 unspecified atom stereocenters. The van der Waals surface area contributed by atoms with Crippen LogP contribution in [0.3, 0.4) is 0 Å². The van der Waals surface area contributed by atoms with Crippen molar-refractivity contribution in [3.05, 3.63) is 64.7 Å². The van der Waals surface area contributed by atoms with Crippen molar-refractivity contribution in [3.63, 3.8) is 0 Å². The zero-order valence-corrected chi connectivity index (χ0v) is 15.3. The number of carbonyl (C=O) groups excluding carboxylic acids is 1. The molecule has 4 heteroatoms. The summed E-state index contributed by atoms with van der Waals surface area (Å²) in [5, 5.41) is 0.964. The molecule has 3 rings (SSSR count). The molecule has 0 fully saturated rings. The Morgan fingerprint density at radius 3 is 2.33 bits per heavy atom. The number of para-hydroxylation sites is 1. The van der Waals surface area contributed by atoms with Gasteiger partial charge in [0.05, 0.1) is 16.3 Å². The normalized spacial score (nSPS) is 12.5. The van der Waals surface area contributed by atoms with E-state index in [4.69, 9.17) is 0 Å². The van der Waals surface area contributed by atoms with Gasteiger partial charge in [0, 0.05) is 12.6 Å². The van der Waals surface area contributed by atoms with Gasteiger partial charge in [-0.25, -0.2) is 4.98 Å². The van der Waals surface area contributed by atoms with Crippen molar-refractivity contribution in [2.45, 2.75) is 32.7 Å². The highest BCUT2D eigenvalue weighted by atomic mass is 32.1.